The van der Waals surface area contributed by atoms with E-state index in [0.717, 1.165) is 17.0 Å². The normalized spacial score (nSPS) is 11.5. The van der Waals surface area contributed by atoms with Crippen LogP contribution in [0.4, 0.5) is 0 Å². The molecule has 0 aliphatic heterocycles. The SMILES string of the molecule is COc1ccc(C)cc1S(=O)(=O)NCCn1ccc(-c2ccccn2)n1. The van der Waals surface area contributed by atoms with Crippen molar-refractivity contribution in [1.82, 2.24) is 19.5 Å². The number of rotatable bonds is 7. The van der Waals surface area contributed by atoms with Gasteiger partial charge >= 0.3 is 0 Å². The summed E-state index contributed by atoms with van der Waals surface area (Å²) in [4.78, 5) is 4.38. The second kappa shape index (κ2) is 7.67. The number of hydrogen-bond acceptors (Lipinski definition) is 5. The van der Waals surface area contributed by atoms with Crippen LogP contribution in [-0.4, -0.2) is 36.8 Å². The van der Waals surface area contributed by atoms with Gasteiger partial charge in [-0.2, -0.15) is 5.10 Å². The first-order valence-electron chi connectivity index (χ1n) is 8.09. The van der Waals surface area contributed by atoms with Gasteiger partial charge in [0, 0.05) is 18.9 Å². The summed E-state index contributed by atoms with van der Waals surface area (Å²) < 4.78 is 34.5. The predicted molar refractivity (Wildman–Crippen MR) is 98.4 cm³/mol. The third-order valence-electron chi connectivity index (χ3n) is 3.81. The standard InChI is InChI=1S/C18H20N4O3S/c1-14-6-7-17(25-2)18(13-14)26(23,24)20-10-12-22-11-8-16(21-22)15-5-3-4-9-19-15/h3-9,11,13,20H,10,12H2,1-2H3. The molecule has 0 saturated carbocycles. The fourth-order valence-corrected chi connectivity index (χ4v) is 3.78. The van der Waals surface area contributed by atoms with Crippen molar-refractivity contribution in [2.45, 2.75) is 18.4 Å². The molecule has 0 fully saturated rings. The summed E-state index contributed by atoms with van der Waals surface area (Å²) in [6, 6.07) is 12.5. The zero-order chi connectivity index (χ0) is 18.6. The van der Waals surface area contributed by atoms with Crippen molar-refractivity contribution < 1.29 is 13.2 Å². The summed E-state index contributed by atoms with van der Waals surface area (Å²) in [6.45, 7) is 2.45. The largest absolute Gasteiger partial charge is 0.495 e. The number of pyridine rings is 1. The summed E-state index contributed by atoms with van der Waals surface area (Å²) in [7, 11) is -2.22. The number of nitrogens with zero attached hydrogens (tertiary/aromatic N) is 3. The van der Waals surface area contributed by atoms with Crippen molar-refractivity contribution in [3.8, 4) is 17.1 Å². The lowest BCUT2D eigenvalue weighted by Gasteiger charge is -2.11. The monoisotopic (exact) mass is 372 g/mol. The Morgan fingerprint density at radius 2 is 2.00 bits per heavy atom. The van der Waals surface area contributed by atoms with E-state index in [4.69, 9.17) is 4.74 Å². The quantitative estimate of drug-likeness (QED) is 0.687. The van der Waals surface area contributed by atoms with Gasteiger partial charge in [0.25, 0.3) is 0 Å². The van der Waals surface area contributed by atoms with Crippen LogP contribution in [0.3, 0.4) is 0 Å². The molecule has 7 nitrogen and oxygen atoms in total. The third kappa shape index (κ3) is 4.09. The van der Waals surface area contributed by atoms with E-state index in [1.165, 1.54) is 7.11 Å². The van der Waals surface area contributed by atoms with Crippen LogP contribution in [0.25, 0.3) is 11.4 Å². The maximum absolute atomic E-state index is 12.6. The molecule has 8 heteroatoms. The third-order valence-corrected chi connectivity index (χ3v) is 5.29. The van der Waals surface area contributed by atoms with Crippen LogP contribution in [0, 0.1) is 6.92 Å². The molecule has 1 N–H and O–H groups in total. The number of ether oxygens (including phenoxy) is 1. The average Bonchev–Trinajstić information content (AvgIpc) is 3.11. The fourth-order valence-electron chi connectivity index (χ4n) is 2.50. The number of methoxy groups -OCH3 is 1. The highest BCUT2D eigenvalue weighted by atomic mass is 32.2. The van der Waals surface area contributed by atoms with Gasteiger partial charge in [0.1, 0.15) is 16.3 Å². The van der Waals surface area contributed by atoms with Crippen LogP contribution in [-0.2, 0) is 16.6 Å². The van der Waals surface area contributed by atoms with Crippen LogP contribution in [0.2, 0.25) is 0 Å². The lowest BCUT2D eigenvalue weighted by molar-refractivity contribution is 0.402. The Bertz CT molecular complexity index is 985. The van der Waals surface area contributed by atoms with Crippen LogP contribution in [0.5, 0.6) is 5.75 Å². The minimum absolute atomic E-state index is 0.134. The molecule has 136 valence electrons. The van der Waals surface area contributed by atoms with Gasteiger partial charge in [-0.25, -0.2) is 13.1 Å². The zero-order valence-electron chi connectivity index (χ0n) is 14.6. The molecule has 2 heterocycles. The molecule has 0 bridgehead atoms. The van der Waals surface area contributed by atoms with Gasteiger partial charge in [-0.05, 0) is 42.8 Å². The summed E-state index contributed by atoms with van der Waals surface area (Å²) in [5.41, 5.74) is 2.36. The van der Waals surface area contributed by atoms with Gasteiger partial charge in [0.05, 0.1) is 19.3 Å². The van der Waals surface area contributed by atoms with E-state index in [-0.39, 0.29) is 11.4 Å². The lowest BCUT2D eigenvalue weighted by Crippen LogP contribution is -2.28. The molecule has 26 heavy (non-hydrogen) atoms. The Morgan fingerprint density at radius 1 is 1.15 bits per heavy atom. The first-order valence-corrected chi connectivity index (χ1v) is 9.57. The Kier molecular flexibility index (Phi) is 5.34. The zero-order valence-corrected chi connectivity index (χ0v) is 15.4. The molecule has 0 amide bonds. The van der Waals surface area contributed by atoms with Crippen molar-refractivity contribution in [2.24, 2.45) is 0 Å². The highest BCUT2D eigenvalue weighted by Crippen LogP contribution is 2.24. The van der Waals surface area contributed by atoms with E-state index >= 15 is 0 Å². The van der Waals surface area contributed by atoms with Crippen molar-refractivity contribution in [1.29, 1.82) is 0 Å². The number of hydrogen-bond donors (Lipinski definition) is 1. The summed E-state index contributed by atoms with van der Waals surface area (Å²) in [5, 5.41) is 4.42. The molecular formula is C18H20N4O3S. The summed E-state index contributed by atoms with van der Waals surface area (Å²) in [6.07, 6.45) is 3.50. The highest BCUT2D eigenvalue weighted by molar-refractivity contribution is 7.89. The molecular weight excluding hydrogens is 352 g/mol. The van der Waals surface area contributed by atoms with Gasteiger partial charge in [0.2, 0.25) is 10.0 Å². The number of benzene rings is 1. The minimum Gasteiger partial charge on any atom is -0.495 e. The molecule has 0 radical (unpaired) electrons. The lowest BCUT2D eigenvalue weighted by atomic mass is 10.2. The number of aromatic nitrogens is 3. The fraction of sp³-hybridized carbons (Fsp3) is 0.222. The van der Waals surface area contributed by atoms with Crippen molar-refractivity contribution in [3.05, 3.63) is 60.4 Å². The van der Waals surface area contributed by atoms with Crippen LogP contribution < -0.4 is 9.46 Å². The van der Waals surface area contributed by atoms with Crippen LogP contribution >= 0.6 is 0 Å². The minimum atomic E-state index is -3.67. The second-order valence-corrected chi connectivity index (χ2v) is 7.47. The van der Waals surface area contributed by atoms with E-state index in [2.05, 4.69) is 14.8 Å². The molecule has 0 spiro atoms. The van der Waals surface area contributed by atoms with E-state index in [9.17, 15) is 8.42 Å². The second-order valence-electron chi connectivity index (χ2n) is 5.73. The van der Waals surface area contributed by atoms with Crippen molar-refractivity contribution >= 4 is 10.0 Å². The molecule has 1 aromatic carbocycles. The van der Waals surface area contributed by atoms with Gasteiger partial charge in [-0.3, -0.25) is 9.67 Å². The van der Waals surface area contributed by atoms with Gasteiger partial charge < -0.3 is 4.74 Å². The highest BCUT2D eigenvalue weighted by Gasteiger charge is 2.19. The predicted octanol–water partition coefficient (Wildman–Crippen LogP) is 2.24. The number of aryl methyl sites for hydroxylation is 1. The Labute approximate surface area is 152 Å². The Balaban J connectivity index is 1.66. The molecule has 0 aliphatic rings. The van der Waals surface area contributed by atoms with E-state index in [0.29, 0.717) is 12.3 Å². The summed E-state index contributed by atoms with van der Waals surface area (Å²) in [5.74, 6) is 0.319. The first kappa shape index (κ1) is 18.1. The molecule has 0 atom stereocenters. The van der Waals surface area contributed by atoms with Crippen LogP contribution in [0.15, 0.2) is 59.8 Å². The number of nitrogens with one attached hydrogen (secondary N) is 1. The maximum atomic E-state index is 12.6. The molecule has 2 aromatic heterocycles. The van der Waals surface area contributed by atoms with Crippen molar-refractivity contribution in [2.75, 3.05) is 13.7 Å². The van der Waals surface area contributed by atoms with Gasteiger partial charge in [-0.1, -0.05) is 12.1 Å². The average molecular weight is 372 g/mol. The molecule has 3 rings (SSSR count). The smallest absolute Gasteiger partial charge is 0.244 e. The van der Waals surface area contributed by atoms with E-state index < -0.39 is 10.0 Å². The van der Waals surface area contributed by atoms with E-state index in [1.807, 2.05) is 31.2 Å². The molecule has 0 unspecified atom stereocenters. The molecule has 3 aromatic rings. The molecule has 0 saturated heterocycles. The Morgan fingerprint density at radius 3 is 2.73 bits per heavy atom. The van der Waals surface area contributed by atoms with E-state index in [1.54, 1.807) is 35.3 Å². The van der Waals surface area contributed by atoms with Gasteiger partial charge in [-0.15, -0.1) is 0 Å². The molecule has 0 aliphatic carbocycles. The van der Waals surface area contributed by atoms with Crippen LogP contribution in [0.1, 0.15) is 5.56 Å². The number of sulfonamides is 1. The first-order chi connectivity index (χ1) is 12.5. The Hall–Kier alpha value is -2.71. The van der Waals surface area contributed by atoms with Gasteiger partial charge in [0.15, 0.2) is 0 Å². The van der Waals surface area contributed by atoms with Crippen molar-refractivity contribution in [3.63, 3.8) is 0 Å². The summed E-state index contributed by atoms with van der Waals surface area (Å²) >= 11 is 0. The topological polar surface area (TPSA) is 86.1 Å². The maximum Gasteiger partial charge on any atom is 0.244 e.